The fourth-order valence-corrected chi connectivity index (χ4v) is 4.75. The number of halogens is 1. The van der Waals surface area contributed by atoms with Crippen LogP contribution in [0.15, 0.2) is 54.6 Å². The SMILES string of the molecule is Cc1cccc(-c2ccc(-c3nc4nc(O[C@@H]5CO[C@H]6[C@@H]5OC[C@H]6O)[nH]c4cc3Cl)cc2)c1. The van der Waals surface area contributed by atoms with Gasteiger partial charge in [-0.1, -0.05) is 65.7 Å². The van der Waals surface area contributed by atoms with Gasteiger partial charge in [0, 0.05) is 5.56 Å². The highest BCUT2D eigenvalue weighted by atomic mass is 35.5. The third-order valence-corrected chi connectivity index (χ3v) is 6.45. The molecule has 2 fully saturated rings. The van der Waals surface area contributed by atoms with Crippen LogP contribution in [-0.4, -0.2) is 57.7 Å². The lowest BCUT2D eigenvalue weighted by atomic mass is 10.0. The Morgan fingerprint density at radius 1 is 0.970 bits per heavy atom. The standard InChI is InChI=1S/C25H22ClN3O4/c1-13-3-2-4-16(9-13)14-5-7-15(8-6-14)21-17(26)10-18-24(28-21)29-25(27-18)33-20-12-32-22-19(30)11-31-23(20)22/h2-10,19-20,22-23,30H,11-12H2,1H3,(H,27,28,29)/t19-,20-,22-,23-/m1/s1. The number of aromatic nitrogens is 3. The topological polar surface area (TPSA) is 89.5 Å². The Balaban J connectivity index is 1.26. The number of rotatable bonds is 4. The molecule has 4 aromatic rings. The molecule has 0 bridgehead atoms. The minimum atomic E-state index is -0.625. The van der Waals surface area contributed by atoms with E-state index in [9.17, 15) is 5.11 Å². The maximum atomic E-state index is 9.91. The van der Waals surface area contributed by atoms with Gasteiger partial charge in [-0.3, -0.25) is 0 Å². The molecule has 0 aliphatic carbocycles. The Morgan fingerprint density at radius 3 is 2.58 bits per heavy atom. The lowest BCUT2D eigenvalue weighted by molar-refractivity contribution is 0.00706. The van der Waals surface area contributed by atoms with Gasteiger partial charge in [-0.2, -0.15) is 4.98 Å². The summed E-state index contributed by atoms with van der Waals surface area (Å²) in [7, 11) is 0. The van der Waals surface area contributed by atoms with E-state index in [1.54, 1.807) is 6.07 Å². The van der Waals surface area contributed by atoms with E-state index in [1.807, 2.05) is 12.1 Å². The molecule has 0 saturated carbocycles. The quantitative estimate of drug-likeness (QED) is 0.472. The van der Waals surface area contributed by atoms with Gasteiger partial charge >= 0.3 is 0 Å². The van der Waals surface area contributed by atoms with Gasteiger partial charge in [0.15, 0.2) is 11.8 Å². The number of benzene rings is 2. The van der Waals surface area contributed by atoms with Gasteiger partial charge in [0.1, 0.15) is 18.3 Å². The Kier molecular flexibility index (Phi) is 5.07. The molecule has 4 heterocycles. The number of imidazole rings is 1. The summed E-state index contributed by atoms with van der Waals surface area (Å²) in [5.41, 5.74) is 6.27. The van der Waals surface area contributed by atoms with Crippen molar-refractivity contribution in [2.75, 3.05) is 13.2 Å². The number of ether oxygens (including phenoxy) is 3. The van der Waals surface area contributed by atoms with Crippen LogP contribution in [0, 0.1) is 6.92 Å². The van der Waals surface area contributed by atoms with Crippen molar-refractivity contribution in [2.45, 2.75) is 31.3 Å². The van der Waals surface area contributed by atoms with Crippen LogP contribution in [0.2, 0.25) is 5.02 Å². The van der Waals surface area contributed by atoms with E-state index in [0.29, 0.717) is 34.5 Å². The third kappa shape index (κ3) is 3.77. The van der Waals surface area contributed by atoms with Crippen LogP contribution in [0.25, 0.3) is 33.5 Å². The molecular formula is C25H22ClN3O4. The first-order valence-corrected chi connectivity index (χ1v) is 11.2. The molecule has 6 rings (SSSR count). The summed E-state index contributed by atoms with van der Waals surface area (Å²) < 4.78 is 17.2. The van der Waals surface area contributed by atoms with E-state index < -0.39 is 6.10 Å². The Morgan fingerprint density at radius 2 is 1.76 bits per heavy atom. The van der Waals surface area contributed by atoms with Crippen molar-refractivity contribution in [3.63, 3.8) is 0 Å². The summed E-state index contributed by atoms with van der Waals surface area (Å²) in [6.07, 6.45) is -1.65. The van der Waals surface area contributed by atoms with Crippen LogP contribution in [0.1, 0.15) is 5.56 Å². The lowest BCUT2D eigenvalue weighted by Gasteiger charge is -2.15. The molecule has 8 heteroatoms. The second-order valence-corrected chi connectivity index (χ2v) is 8.91. The van der Waals surface area contributed by atoms with Gasteiger partial charge in [0.2, 0.25) is 0 Å². The first-order chi connectivity index (χ1) is 16.0. The molecule has 2 aromatic carbocycles. The Bertz CT molecular complexity index is 1320. The van der Waals surface area contributed by atoms with Gasteiger partial charge in [-0.15, -0.1) is 0 Å². The fraction of sp³-hybridized carbons (Fsp3) is 0.280. The summed E-state index contributed by atoms with van der Waals surface area (Å²) in [4.78, 5) is 12.3. The number of nitrogens with zero attached hydrogens (tertiary/aromatic N) is 2. The van der Waals surface area contributed by atoms with Crippen molar-refractivity contribution in [2.24, 2.45) is 0 Å². The van der Waals surface area contributed by atoms with Gasteiger partial charge in [0.25, 0.3) is 6.01 Å². The Hall–Kier alpha value is -2.97. The van der Waals surface area contributed by atoms with E-state index >= 15 is 0 Å². The molecule has 33 heavy (non-hydrogen) atoms. The number of nitrogens with one attached hydrogen (secondary N) is 1. The number of H-pyrrole nitrogens is 1. The van der Waals surface area contributed by atoms with Crippen LogP contribution >= 0.6 is 11.6 Å². The molecule has 2 aliphatic heterocycles. The van der Waals surface area contributed by atoms with Crippen LogP contribution < -0.4 is 4.74 Å². The van der Waals surface area contributed by atoms with Crippen LogP contribution in [0.3, 0.4) is 0 Å². The molecule has 2 saturated heterocycles. The number of aliphatic hydroxyl groups is 1. The number of aryl methyl sites for hydroxylation is 1. The second kappa shape index (κ2) is 8.11. The molecule has 2 N–H and O–H groups in total. The number of aliphatic hydroxyl groups excluding tert-OH is 1. The second-order valence-electron chi connectivity index (χ2n) is 8.50. The molecule has 7 nitrogen and oxygen atoms in total. The van der Waals surface area contributed by atoms with Crippen molar-refractivity contribution in [3.05, 3.63) is 65.2 Å². The minimum Gasteiger partial charge on any atom is -0.456 e. The van der Waals surface area contributed by atoms with Crippen LogP contribution in [-0.2, 0) is 9.47 Å². The highest BCUT2D eigenvalue weighted by molar-refractivity contribution is 6.33. The predicted octanol–water partition coefficient (Wildman–Crippen LogP) is 4.16. The molecule has 0 spiro atoms. The molecule has 0 radical (unpaired) electrons. The van der Waals surface area contributed by atoms with Crippen molar-refractivity contribution in [1.82, 2.24) is 15.0 Å². The summed E-state index contributed by atoms with van der Waals surface area (Å²) in [5.74, 6) is 0. The molecular weight excluding hydrogens is 442 g/mol. The number of hydrogen-bond donors (Lipinski definition) is 2. The molecule has 2 aromatic heterocycles. The summed E-state index contributed by atoms with van der Waals surface area (Å²) in [6.45, 7) is 2.66. The van der Waals surface area contributed by atoms with Crippen molar-refractivity contribution in [1.29, 1.82) is 0 Å². The number of fused-ring (bicyclic) bond motifs is 2. The summed E-state index contributed by atoms with van der Waals surface area (Å²) in [5, 5.41) is 10.4. The largest absolute Gasteiger partial charge is 0.456 e. The van der Waals surface area contributed by atoms with E-state index in [-0.39, 0.29) is 24.9 Å². The van der Waals surface area contributed by atoms with E-state index in [1.165, 1.54) is 11.1 Å². The first kappa shape index (κ1) is 20.6. The fourth-order valence-electron chi connectivity index (χ4n) is 4.49. The monoisotopic (exact) mass is 463 g/mol. The van der Waals surface area contributed by atoms with Crippen molar-refractivity contribution in [3.8, 4) is 28.4 Å². The zero-order valence-corrected chi connectivity index (χ0v) is 18.6. The van der Waals surface area contributed by atoms with E-state index in [2.05, 4.69) is 58.3 Å². The Labute approximate surface area is 195 Å². The summed E-state index contributed by atoms with van der Waals surface area (Å²) in [6, 6.07) is 18.7. The maximum Gasteiger partial charge on any atom is 0.296 e. The highest BCUT2D eigenvalue weighted by Gasteiger charge is 2.48. The van der Waals surface area contributed by atoms with E-state index in [0.717, 1.165) is 11.1 Å². The van der Waals surface area contributed by atoms with Gasteiger partial charge < -0.3 is 24.3 Å². The maximum absolute atomic E-state index is 9.91. The molecule has 4 atom stereocenters. The normalized spacial score (nSPS) is 24.3. The third-order valence-electron chi connectivity index (χ3n) is 6.16. The minimum absolute atomic E-state index is 0.249. The van der Waals surface area contributed by atoms with Crippen molar-refractivity contribution < 1.29 is 19.3 Å². The zero-order valence-electron chi connectivity index (χ0n) is 17.9. The highest BCUT2D eigenvalue weighted by Crippen LogP contribution is 2.33. The predicted molar refractivity (Wildman–Crippen MR) is 124 cm³/mol. The van der Waals surface area contributed by atoms with Crippen LogP contribution in [0.4, 0.5) is 0 Å². The van der Waals surface area contributed by atoms with Crippen LogP contribution in [0.5, 0.6) is 6.01 Å². The zero-order chi connectivity index (χ0) is 22.5. The molecule has 168 valence electrons. The van der Waals surface area contributed by atoms with Gasteiger partial charge in [-0.05, 0) is 24.1 Å². The number of pyridine rings is 1. The number of hydrogen-bond acceptors (Lipinski definition) is 6. The average molecular weight is 464 g/mol. The van der Waals surface area contributed by atoms with E-state index in [4.69, 9.17) is 25.8 Å². The molecule has 0 unspecified atom stereocenters. The van der Waals surface area contributed by atoms with Gasteiger partial charge in [-0.25, -0.2) is 4.98 Å². The van der Waals surface area contributed by atoms with Gasteiger partial charge in [0.05, 0.1) is 29.4 Å². The lowest BCUT2D eigenvalue weighted by Crippen LogP contribution is -2.34. The molecule has 0 amide bonds. The molecule has 2 aliphatic rings. The first-order valence-electron chi connectivity index (χ1n) is 10.9. The smallest absolute Gasteiger partial charge is 0.296 e. The summed E-state index contributed by atoms with van der Waals surface area (Å²) >= 11 is 6.57. The average Bonchev–Trinajstić information content (AvgIpc) is 3.50. The van der Waals surface area contributed by atoms with Crippen molar-refractivity contribution >= 4 is 22.8 Å². The number of aromatic amines is 1.